The van der Waals surface area contributed by atoms with Gasteiger partial charge in [0.05, 0.1) is 0 Å². The SMILES string of the molecule is C1=Cc2ccc3ccc(C4=NC(c5ccccc5)NC(c5cc(-c6cc7ccccc7c7c6oc6ccccc67)cc6oc7ccccc7c56)=N4)cc3c2CC1. The van der Waals surface area contributed by atoms with Gasteiger partial charge in [0.2, 0.25) is 0 Å². The van der Waals surface area contributed by atoms with Gasteiger partial charge >= 0.3 is 0 Å². The van der Waals surface area contributed by atoms with E-state index in [9.17, 15) is 0 Å². The largest absolute Gasteiger partial charge is 0.456 e. The fourth-order valence-corrected chi connectivity index (χ4v) is 8.92. The van der Waals surface area contributed by atoms with Gasteiger partial charge in [-0.3, -0.25) is 0 Å². The van der Waals surface area contributed by atoms with Crippen LogP contribution in [0, 0.1) is 0 Å². The molecule has 10 aromatic rings. The van der Waals surface area contributed by atoms with Gasteiger partial charge in [0.1, 0.15) is 34.3 Å². The fraction of sp³-hybridized carbons (Fsp3) is 0.0588. The van der Waals surface area contributed by atoms with Gasteiger partial charge in [-0.2, -0.15) is 0 Å². The molecule has 2 aromatic heterocycles. The molecule has 56 heavy (non-hydrogen) atoms. The van der Waals surface area contributed by atoms with Gasteiger partial charge in [0.15, 0.2) is 5.84 Å². The van der Waals surface area contributed by atoms with Crippen LogP contribution < -0.4 is 5.32 Å². The molecule has 0 fully saturated rings. The molecule has 0 saturated heterocycles. The number of aliphatic imine (C=N–C) groups is 2. The molecular weight excluding hydrogens is 687 g/mol. The van der Waals surface area contributed by atoms with Crippen molar-refractivity contribution in [1.82, 2.24) is 5.32 Å². The molecule has 1 aliphatic heterocycles. The average Bonchev–Trinajstić information content (AvgIpc) is 3.85. The van der Waals surface area contributed by atoms with Crippen molar-refractivity contribution in [2.75, 3.05) is 0 Å². The summed E-state index contributed by atoms with van der Waals surface area (Å²) in [5.41, 5.74) is 11.0. The predicted octanol–water partition coefficient (Wildman–Crippen LogP) is 12.9. The lowest BCUT2D eigenvalue weighted by atomic mass is 9.91. The summed E-state index contributed by atoms with van der Waals surface area (Å²) in [5, 5.41) is 12.8. The first-order chi connectivity index (χ1) is 27.7. The number of aryl methyl sites for hydroxylation is 1. The lowest BCUT2D eigenvalue weighted by molar-refractivity contribution is 0.667. The Hall–Kier alpha value is -7.24. The van der Waals surface area contributed by atoms with Crippen molar-refractivity contribution in [2.45, 2.75) is 19.0 Å². The van der Waals surface area contributed by atoms with E-state index < -0.39 is 0 Å². The van der Waals surface area contributed by atoms with Crippen LogP contribution in [0.25, 0.3) is 82.6 Å². The number of amidine groups is 2. The van der Waals surface area contributed by atoms with E-state index in [1.165, 1.54) is 27.3 Å². The molecule has 1 aliphatic carbocycles. The third-order valence-corrected chi connectivity index (χ3v) is 11.6. The van der Waals surface area contributed by atoms with Crippen LogP contribution >= 0.6 is 0 Å². The zero-order chi connectivity index (χ0) is 36.7. The number of hydrogen-bond acceptors (Lipinski definition) is 5. The van der Waals surface area contributed by atoms with E-state index in [1.807, 2.05) is 30.3 Å². The van der Waals surface area contributed by atoms with Crippen molar-refractivity contribution in [3.63, 3.8) is 0 Å². The number of rotatable bonds is 4. The predicted molar refractivity (Wildman–Crippen MR) is 231 cm³/mol. The van der Waals surface area contributed by atoms with Gasteiger partial charge < -0.3 is 14.2 Å². The highest BCUT2D eigenvalue weighted by Gasteiger charge is 2.26. The Morgan fingerprint density at radius 3 is 2.18 bits per heavy atom. The second-order valence-electron chi connectivity index (χ2n) is 14.8. The number of allylic oxidation sites excluding steroid dienone is 1. The third-order valence-electron chi connectivity index (χ3n) is 11.6. The minimum Gasteiger partial charge on any atom is -0.456 e. The molecule has 0 saturated carbocycles. The molecule has 1 atom stereocenters. The van der Waals surface area contributed by atoms with Gasteiger partial charge in [0.25, 0.3) is 0 Å². The Morgan fingerprint density at radius 2 is 1.30 bits per heavy atom. The molecule has 0 spiro atoms. The van der Waals surface area contributed by atoms with Gasteiger partial charge in [0, 0.05) is 38.2 Å². The molecule has 8 aromatic carbocycles. The molecule has 5 heteroatoms. The fourth-order valence-electron chi connectivity index (χ4n) is 8.92. The molecule has 12 rings (SSSR count). The van der Waals surface area contributed by atoms with Crippen LogP contribution in [0.4, 0.5) is 0 Å². The Labute approximate surface area is 321 Å². The van der Waals surface area contributed by atoms with Crippen molar-refractivity contribution < 1.29 is 8.83 Å². The minimum absolute atomic E-state index is 0.360. The molecule has 1 unspecified atom stereocenters. The van der Waals surface area contributed by atoms with E-state index in [0.717, 1.165) is 95.8 Å². The highest BCUT2D eigenvalue weighted by atomic mass is 16.3. The summed E-state index contributed by atoms with van der Waals surface area (Å²) in [6, 6.07) is 53.3. The number of furan rings is 2. The zero-order valence-corrected chi connectivity index (χ0v) is 30.3. The summed E-state index contributed by atoms with van der Waals surface area (Å²) >= 11 is 0. The van der Waals surface area contributed by atoms with Crippen molar-refractivity contribution in [3.05, 3.63) is 186 Å². The van der Waals surface area contributed by atoms with Crippen LogP contribution in [-0.2, 0) is 6.42 Å². The lowest BCUT2D eigenvalue weighted by Crippen LogP contribution is -2.33. The molecule has 1 N–H and O–H groups in total. The highest BCUT2D eigenvalue weighted by molar-refractivity contribution is 6.25. The normalized spacial score (nSPS) is 15.5. The maximum atomic E-state index is 6.73. The van der Waals surface area contributed by atoms with E-state index in [1.54, 1.807) is 0 Å². The number of hydrogen-bond donors (Lipinski definition) is 1. The van der Waals surface area contributed by atoms with Crippen LogP contribution in [0.1, 0.15) is 40.4 Å². The molecule has 0 bridgehead atoms. The molecule has 0 amide bonds. The van der Waals surface area contributed by atoms with Crippen LogP contribution in [0.2, 0.25) is 0 Å². The summed E-state index contributed by atoms with van der Waals surface area (Å²) in [5.74, 6) is 1.43. The van der Waals surface area contributed by atoms with Crippen LogP contribution in [0.5, 0.6) is 0 Å². The Bertz CT molecular complexity index is 3350. The Balaban J connectivity index is 1.12. The number of nitrogens with zero attached hydrogens (tertiary/aromatic N) is 2. The second kappa shape index (κ2) is 12.1. The average molecular weight is 720 g/mol. The van der Waals surface area contributed by atoms with Crippen molar-refractivity contribution >= 4 is 83.2 Å². The molecule has 264 valence electrons. The van der Waals surface area contributed by atoms with Crippen molar-refractivity contribution in [1.29, 1.82) is 0 Å². The first kappa shape index (κ1) is 31.1. The zero-order valence-electron chi connectivity index (χ0n) is 30.3. The first-order valence-corrected chi connectivity index (χ1v) is 19.2. The number of nitrogens with one attached hydrogen (secondary N) is 1. The van der Waals surface area contributed by atoms with E-state index in [4.69, 9.17) is 18.8 Å². The number of para-hydroxylation sites is 2. The molecule has 2 aliphatic rings. The van der Waals surface area contributed by atoms with E-state index in [0.29, 0.717) is 5.84 Å². The standard InChI is InChI=1S/C51H33N3O2/c1-2-13-32(14-3-1)49-52-50(34-25-24-31-23-22-30-12-4-6-16-36(30)40(31)27-34)54-51(53-49)42-28-35(29-45-46(42)38-18-8-10-20-43(38)55-45)41-26-33-15-5-7-17-37(33)47-39-19-9-11-21-44(39)56-48(41)47/h1-5,7-15,17-29,49H,6,16H2,(H,52,53,54). The van der Waals surface area contributed by atoms with Crippen LogP contribution in [0.3, 0.4) is 0 Å². The molecule has 0 radical (unpaired) electrons. The monoisotopic (exact) mass is 719 g/mol. The van der Waals surface area contributed by atoms with Crippen molar-refractivity contribution in [3.8, 4) is 11.1 Å². The van der Waals surface area contributed by atoms with Crippen molar-refractivity contribution in [2.24, 2.45) is 9.98 Å². The molecular formula is C51H33N3O2. The van der Waals surface area contributed by atoms with Gasteiger partial charge in [-0.15, -0.1) is 0 Å². The van der Waals surface area contributed by atoms with Gasteiger partial charge in [-0.05, 0) is 93.0 Å². The summed E-state index contributed by atoms with van der Waals surface area (Å²) in [6.07, 6.45) is 6.22. The quantitative estimate of drug-likeness (QED) is 0.197. The Kier molecular flexibility index (Phi) is 6.75. The van der Waals surface area contributed by atoms with Crippen LogP contribution in [-0.4, -0.2) is 11.7 Å². The maximum Gasteiger partial charge on any atom is 0.159 e. The summed E-state index contributed by atoms with van der Waals surface area (Å²) in [6.45, 7) is 0. The second-order valence-corrected chi connectivity index (χ2v) is 14.8. The molecule has 5 nitrogen and oxygen atoms in total. The summed E-state index contributed by atoms with van der Waals surface area (Å²) in [7, 11) is 0. The third kappa shape index (κ3) is 4.80. The van der Waals surface area contributed by atoms with E-state index in [2.05, 4.69) is 139 Å². The topological polar surface area (TPSA) is 63.0 Å². The highest BCUT2D eigenvalue weighted by Crippen LogP contribution is 2.43. The van der Waals surface area contributed by atoms with Crippen LogP contribution in [0.15, 0.2) is 177 Å². The van der Waals surface area contributed by atoms with E-state index >= 15 is 0 Å². The van der Waals surface area contributed by atoms with E-state index in [-0.39, 0.29) is 6.17 Å². The van der Waals surface area contributed by atoms with Gasteiger partial charge in [-0.25, -0.2) is 9.98 Å². The molecule has 3 heterocycles. The number of benzene rings is 8. The smallest absolute Gasteiger partial charge is 0.159 e. The van der Waals surface area contributed by atoms with Gasteiger partial charge in [-0.1, -0.05) is 127 Å². The number of fused-ring (bicyclic) bond motifs is 11. The minimum atomic E-state index is -0.360. The first-order valence-electron chi connectivity index (χ1n) is 19.2. The Morgan fingerprint density at radius 1 is 0.554 bits per heavy atom. The lowest BCUT2D eigenvalue weighted by Gasteiger charge is -2.24. The summed E-state index contributed by atoms with van der Waals surface area (Å²) in [4.78, 5) is 10.7. The summed E-state index contributed by atoms with van der Waals surface area (Å²) < 4.78 is 13.4. The maximum absolute atomic E-state index is 6.73.